The molecule has 0 amide bonds. The normalized spacial score (nSPS) is 11.9. The minimum Gasteiger partial charge on any atom is -0.193 e. The molecular formula is C13H13Cl2N. The molecule has 0 N–H and O–H groups in total. The summed E-state index contributed by atoms with van der Waals surface area (Å²) in [5.74, 6) is 0. The van der Waals surface area contributed by atoms with Crippen molar-refractivity contribution in [2.45, 2.75) is 26.7 Å². The van der Waals surface area contributed by atoms with Gasteiger partial charge in [-0.05, 0) is 18.9 Å². The summed E-state index contributed by atoms with van der Waals surface area (Å²) in [4.78, 5) is 0. The zero-order chi connectivity index (χ0) is 12.1. The number of hydrogen-bond donors (Lipinski definition) is 0. The van der Waals surface area contributed by atoms with Crippen molar-refractivity contribution in [2.75, 3.05) is 0 Å². The van der Waals surface area contributed by atoms with Gasteiger partial charge in [-0.25, -0.2) is 0 Å². The second-order valence-corrected chi connectivity index (χ2v) is 4.35. The van der Waals surface area contributed by atoms with Gasteiger partial charge in [-0.2, -0.15) is 5.26 Å². The highest BCUT2D eigenvalue weighted by Gasteiger charge is 2.10. The Kier molecular flexibility index (Phi) is 4.86. The molecule has 0 spiro atoms. The van der Waals surface area contributed by atoms with Crippen LogP contribution in [0.3, 0.4) is 0 Å². The molecular weight excluding hydrogens is 241 g/mol. The number of allylic oxidation sites excluding steroid dienone is 1. The molecule has 0 saturated carbocycles. The van der Waals surface area contributed by atoms with E-state index >= 15 is 0 Å². The predicted molar refractivity (Wildman–Crippen MR) is 69.5 cm³/mol. The molecule has 1 aromatic carbocycles. The first-order valence-electron chi connectivity index (χ1n) is 5.16. The lowest BCUT2D eigenvalue weighted by atomic mass is 10.1. The van der Waals surface area contributed by atoms with Crippen molar-refractivity contribution in [2.24, 2.45) is 0 Å². The van der Waals surface area contributed by atoms with Crippen LogP contribution >= 0.6 is 23.2 Å². The Balaban J connectivity index is 3.28. The average Bonchev–Trinajstić information content (AvgIpc) is 2.29. The van der Waals surface area contributed by atoms with E-state index in [2.05, 4.69) is 6.07 Å². The molecule has 0 aliphatic rings. The van der Waals surface area contributed by atoms with E-state index in [1.54, 1.807) is 0 Å². The minimum absolute atomic E-state index is 0.470. The van der Waals surface area contributed by atoms with Gasteiger partial charge in [0, 0.05) is 11.1 Å². The Labute approximate surface area is 106 Å². The molecule has 0 aliphatic carbocycles. The fourth-order valence-electron chi connectivity index (χ4n) is 1.44. The van der Waals surface area contributed by atoms with Gasteiger partial charge in [-0.3, -0.25) is 0 Å². The van der Waals surface area contributed by atoms with E-state index in [9.17, 15) is 0 Å². The molecule has 0 atom stereocenters. The van der Waals surface area contributed by atoms with Crippen molar-refractivity contribution in [3.63, 3.8) is 0 Å². The van der Waals surface area contributed by atoms with Crippen molar-refractivity contribution >= 4 is 28.2 Å². The lowest BCUT2D eigenvalue weighted by molar-refractivity contribution is 0.933. The van der Waals surface area contributed by atoms with Gasteiger partial charge in [0.2, 0.25) is 0 Å². The lowest BCUT2D eigenvalue weighted by Crippen LogP contribution is -1.88. The first kappa shape index (κ1) is 13.1. The van der Waals surface area contributed by atoms with Gasteiger partial charge in [0.15, 0.2) is 0 Å². The number of rotatable bonds is 3. The second kappa shape index (κ2) is 5.94. The molecule has 0 unspecified atom stereocenters. The van der Waals surface area contributed by atoms with Gasteiger partial charge in [-0.15, -0.1) is 0 Å². The third-order valence-corrected chi connectivity index (χ3v) is 3.26. The Morgan fingerprint density at radius 2 is 2.12 bits per heavy atom. The van der Waals surface area contributed by atoms with Crippen molar-refractivity contribution < 1.29 is 0 Å². The molecule has 84 valence electrons. The first-order valence-corrected chi connectivity index (χ1v) is 5.91. The summed E-state index contributed by atoms with van der Waals surface area (Å²) >= 11 is 12.4. The van der Waals surface area contributed by atoms with E-state index in [0.717, 1.165) is 17.5 Å². The average molecular weight is 254 g/mol. The predicted octanol–water partition coefficient (Wildman–Crippen LogP) is 4.92. The van der Waals surface area contributed by atoms with Crippen LogP contribution in [0.25, 0.3) is 5.03 Å². The number of hydrogen-bond acceptors (Lipinski definition) is 1. The van der Waals surface area contributed by atoms with Gasteiger partial charge in [0.05, 0.1) is 16.1 Å². The third kappa shape index (κ3) is 2.78. The largest absolute Gasteiger partial charge is 0.193 e. The summed E-state index contributed by atoms with van der Waals surface area (Å²) in [6, 6.07) is 7.78. The molecule has 1 rings (SSSR count). The third-order valence-electron chi connectivity index (χ3n) is 2.33. The highest BCUT2D eigenvalue weighted by atomic mass is 35.5. The van der Waals surface area contributed by atoms with E-state index < -0.39 is 0 Å². The smallest absolute Gasteiger partial charge is 0.0962 e. The van der Waals surface area contributed by atoms with Crippen LogP contribution in [0.1, 0.15) is 30.9 Å². The van der Waals surface area contributed by atoms with Gasteiger partial charge < -0.3 is 0 Å². The van der Waals surface area contributed by atoms with E-state index in [1.807, 2.05) is 32.0 Å². The molecule has 0 aliphatic heterocycles. The van der Waals surface area contributed by atoms with Crippen LogP contribution in [0.4, 0.5) is 0 Å². The molecule has 1 nitrogen and oxygen atoms in total. The summed E-state index contributed by atoms with van der Waals surface area (Å²) in [5, 5.41) is 10.1. The van der Waals surface area contributed by atoms with E-state index in [-0.39, 0.29) is 0 Å². The van der Waals surface area contributed by atoms with Crippen LogP contribution in [-0.4, -0.2) is 0 Å². The molecule has 0 heterocycles. The lowest BCUT2D eigenvalue weighted by Gasteiger charge is -2.07. The van der Waals surface area contributed by atoms with Crippen molar-refractivity contribution in [3.8, 4) is 6.07 Å². The Hall–Kier alpha value is -0.970. The quantitative estimate of drug-likeness (QED) is 0.702. The zero-order valence-electron chi connectivity index (χ0n) is 9.35. The number of halogens is 2. The molecule has 1 aromatic rings. The summed E-state index contributed by atoms with van der Waals surface area (Å²) < 4.78 is 0. The Morgan fingerprint density at radius 1 is 1.44 bits per heavy atom. The Bertz CT molecular complexity index is 455. The van der Waals surface area contributed by atoms with Gasteiger partial charge >= 0.3 is 0 Å². The highest BCUT2D eigenvalue weighted by molar-refractivity contribution is 6.51. The van der Waals surface area contributed by atoms with Crippen LogP contribution < -0.4 is 0 Å². The van der Waals surface area contributed by atoms with Crippen LogP contribution in [0.2, 0.25) is 5.02 Å². The maximum atomic E-state index is 9.01. The van der Waals surface area contributed by atoms with Crippen molar-refractivity contribution in [1.82, 2.24) is 0 Å². The van der Waals surface area contributed by atoms with Gasteiger partial charge in [0.25, 0.3) is 0 Å². The topological polar surface area (TPSA) is 23.8 Å². The number of aryl methyl sites for hydroxylation is 1. The number of nitrogens with zero attached hydrogens (tertiary/aromatic N) is 1. The van der Waals surface area contributed by atoms with E-state index in [4.69, 9.17) is 28.5 Å². The first-order chi connectivity index (χ1) is 7.61. The maximum Gasteiger partial charge on any atom is 0.0962 e. The highest BCUT2D eigenvalue weighted by Crippen LogP contribution is 2.32. The summed E-state index contributed by atoms with van der Waals surface area (Å²) in [5.41, 5.74) is 2.30. The molecule has 0 saturated heterocycles. The van der Waals surface area contributed by atoms with Gasteiger partial charge in [0.1, 0.15) is 0 Å². The fraction of sp³-hybridized carbons (Fsp3) is 0.308. The maximum absolute atomic E-state index is 9.01. The van der Waals surface area contributed by atoms with Crippen LogP contribution in [0.15, 0.2) is 23.8 Å². The minimum atomic E-state index is 0.470. The monoisotopic (exact) mass is 253 g/mol. The molecule has 16 heavy (non-hydrogen) atoms. The standard InChI is InChI=1S/C13H13Cl2N/c1-3-5-10(8-16)13(15)11-7-4-6-9(2)12(11)14/h4,6-7H,3,5H2,1-2H3/b13-10-. The summed E-state index contributed by atoms with van der Waals surface area (Å²) in [6.07, 6.45) is 1.57. The zero-order valence-corrected chi connectivity index (χ0v) is 10.9. The SMILES string of the molecule is CCC/C(C#N)=C(/Cl)c1cccc(C)c1Cl. The molecule has 0 aromatic heterocycles. The summed E-state index contributed by atoms with van der Waals surface area (Å²) in [6.45, 7) is 3.93. The second-order valence-electron chi connectivity index (χ2n) is 3.59. The van der Waals surface area contributed by atoms with Crippen molar-refractivity contribution in [3.05, 3.63) is 39.9 Å². The number of nitriles is 1. The van der Waals surface area contributed by atoms with Crippen LogP contribution in [0.5, 0.6) is 0 Å². The van der Waals surface area contributed by atoms with Crippen molar-refractivity contribution in [1.29, 1.82) is 5.26 Å². The fourth-order valence-corrected chi connectivity index (χ4v) is 2.01. The molecule has 0 radical (unpaired) electrons. The van der Waals surface area contributed by atoms with Crippen LogP contribution in [0, 0.1) is 18.3 Å². The molecule has 3 heteroatoms. The summed E-state index contributed by atoms with van der Waals surface area (Å²) in [7, 11) is 0. The van der Waals surface area contributed by atoms with Crippen LogP contribution in [-0.2, 0) is 0 Å². The van der Waals surface area contributed by atoms with E-state index in [1.165, 1.54) is 0 Å². The number of benzene rings is 1. The molecule has 0 fully saturated rings. The Morgan fingerprint density at radius 3 is 2.69 bits per heavy atom. The molecule has 0 bridgehead atoms. The van der Waals surface area contributed by atoms with E-state index in [0.29, 0.717) is 22.0 Å². The van der Waals surface area contributed by atoms with Gasteiger partial charge in [-0.1, -0.05) is 54.7 Å².